The van der Waals surface area contributed by atoms with Crippen molar-refractivity contribution in [1.29, 1.82) is 0 Å². The highest BCUT2D eigenvalue weighted by molar-refractivity contribution is 6.34. The zero-order valence-corrected chi connectivity index (χ0v) is 7.94. The van der Waals surface area contributed by atoms with Crippen molar-refractivity contribution in [3.05, 3.63) is 34.4 Å². The van der Waals surface area contributed by atoms with E-state index in [9.17, 15) is 13.6 Å². The van der Waals surface area contributed by atoms with Gasteiger partial charge >= 0.3 is 0 Å². The van der Waals surface area contributed by atoms with Gasteiger partial charge in [-0.1, -0.05) is 11.6 Å². The second kappa shape index (κ2) is 4.48. The van der Waals surface area contributed by atoms with Crippen LogP contribution in [0.1, 0.15) is 16.8 Å². The first-order valence-corrected chi connectivity index (χ1v) is 4.32. The number of carbonyl (C=O) groups excluding carboxylic acids is 1. The Balaban J connectivity index is 3.13. The van der Waals surface area contributed by atoms with E-state index >= 15 is 0 Å². The Morgan fingerprint density at radius 2 is 2.07 bits per heavy atom. The second-order valence-corrected chi connectivity index (χ2v) is 3.09. The Morgan fingerprint density at radius 3 is 2.64 bits per heavy atom. The normalized spacial score (nSPS) is 10.3. The van der Waals surface area contributed by atoms with Gasteiger partial charge in [-0.3, -0.25) is 4.79 Å². The maximum absolute atomic E-state index is 12.9. The molecule has 1 aromatic carbocycles. The molecule has 5 heteroatoms. The minimum Gasteiger partial charge on any atom is -0.330 e. The third-order valence-corrected chi connectivity index (χ3v) is 2.05. The van der Waals surface area contributed by atoms with Gasteiger partial charge in [-0.15, -0.1) is 0 Å². The molecule has 0 unspecified atom stereocenters. The lowest BCUT2D eigenvalue weighted by Crippen LogP contribution is -2.09. The summed E-state index contributed by atoms with van der Waals surface area (Å²) >= 11 is 5.49. The SMILES string of the molecule is NCCC(=O)c1cc(F)cc(F)c1Cl. The molecule has 0 radical (unpaired) electrons. The monoisotopic (exact) mass is 219 g/mol. The van der Waals surface area contributed by atoms with Crippen LogP contribution in [0, 0.1) is 11.6 Å². The molecule has 0 bridgehead atoms. The van der Waals surface area contributed by atoms with Gasteiger partial charge in [-0.2, -0.15) is 0 Å². The van der Waals surface area contributed by atoms with Gasteiger partial charge in [0, 0.05) is 18.1 Å². The number of ketones is 1. The van der Waals surface area contributed by atoms with E-state index in [4.69, 9.17) is 17.3 Å². The number of hydrogen-bond acceptors (Lipinski definition) is 2. The van der Waals surface area contributed by atoms with Crippen LogP contribution < -0.4 is 5.73 Å². The van der Waals surface area contributed by atoms with Crippen molar-refractivity contribution in [3.63, 3.8) is 0 Å². The molecule has 0 aliphatic rings. The first kappa shape index (κ1) is 11.1. The lowest BCUT2D eigenvalue weighted by Gasteiger charge is -2.03. The van der Waals surface area contributed by atoms with Crippen molar-refractivity contribution in [1.82, 2.24) is 0 Å². The van der Waals surface area contributed by atoms with Gasteiger partial charge in [-0.25, -0.2) is 8.78 Å². The van der Waals surface area contributed by atoms with E-state index in [0.717, 1.165) is 6.07 Å². The van der Waals surface area contributed by atoms with Crippen LogP contribution >= 0.6 is 11.6 Å². The van der Waals surface area contributed by atoms with Crippen LogP contribution in [0.15, 0.2) is 12.1 Å². The Bertz CT molecular complexity index is 368. The number of hydrogen-bond donors (Lipinski definition) is 1. The Labute approximate surface area is 84.7 Å². The van der Waals surface area contributed by atoms with Crippen molar-refractivity contribution < 1.29 is 13.6 Å². The summed E-state index contributed by atoms with van der Waals surface area (Å²) in [6, 6.07) is 1.53. The van der Waals surface area contributed by atoms with E-state index in [1.165, 1.54) is 0 Å². The molecule has 0 saturated carbocycles. The topological polar surface area (TPSA) is 43.1 Å². The number of nitrogens with two attached hydrogens (primary N) is 1. The minimum atomic E-state index is -0.938. The fourth-order valence-corrected chi connectivity index (χ4v) is 1.24. The predicted molar refractivity (Wildman–Crippen MR) is 49.4 cm³/mol. The van der Waals surface area contributed by atoms with Gasteiger partial charge < -0.3 is 5.73 Å². The van der Waals surface area contributed by atoms with Gasteiger partial charge in [0.1, 0.15) is 11.6 Å². The van der Waals surface area contributed by atoms with Gasteiger partial charge in [0.2, 0.25) is 0 Å². The Morgan fingerprint density at radius 1 is 1.43 bits per heavy atom. The summed E-state index contributed by atoms with van der Waals surface area (Å²) in [5, 5.41) is -0.357. The Kier molecular flexibility index (Phi) is 3.55. The standard InChI is InChI=1S/C9H8ClF2NO/c10-9-6(8(14)1-2-13)3-5(11)4-7(9)12/h3-4H,1-2,13H2. The summed E-state index contributed by atoms with van der Waals surface area (Å²) < 4.78 is 25.6. The highest BCUT2D eigenvalue weighted by Crippen LogP contribution is 2.22. The molecule has 0 heterocycles. The molecule has 1 rings (SSSR count). The molecular weight excluding hydrogens is 212 g/mol. The molecule has 2 nitrogen and oxygen atoms in total. The molecule has 14 heavy (non-hydrogen) atoms. The van der Waals surface area contributed by atoms with Crippen LogP contribution in [0.25, 0.3) is 0 Å². The van der Waals surface area contributed by atoms with Crippen molar-refractivity contribution in [2.45, 2.75) is 6.42 Å². The van der Waals surface area contributed by atoms with E-state index in [0.29, 0.717) is 6.07 Å². The Hall–Kier alpha value is -1.00. The van der Waals surface area contributed by atoms with Crippen molar-refractivity contribution in [3.8, 4) is 0 Å². The average Bonchev–Trinajstić information content (AvgIpc) is 2.11. The lowest BCUT2D eigenvalue weighted by molar-refractivity contribution is 0.0984. The van der Waals surface area contributed by atoms with Crippen LogP contribution in [-0.2, 0) is 0 Å². The molecule has 0 amide bonds. The summed E-state index contributed by atoms with van der Waals surface area (Å²) in [4.78, 5) is 11.3. The summed E-state index contributed by atoms with van der Waals surface area (Å²) in [6.45, 7) is 0.118. The van der Waals surface area contributed by atoms with Crippen LogP contribution in [0.3, 0.4) is 0 Å². The maximum Gasteiger partial charge on any atom is 0.165 e. The first-order valence-electron chi connectivity index (χ1n) is 3.94. The average molecular weight is 220 g/mol. The lowest BCUT2D eigenvalue weighted by atomic mass is 10.1. The maximum atomic E-state index is 12.9. The highest BCUT2D eigenvalue weighted by atomic mass is 35.5. The fourth-order valence-electron chi connectivity index (χ4n) is 1.02. The molecule has 76 valence electrons. The van der Waals surface area contributed by atoms with Crippen LogP contribution in [-0.4, -0.2) is 12.3 Å². The summed E-state index contributed by atoms with van der Waals surface area (Å²) in [5.74, 6) is -2.23. The van der Waals surface area contributed by atoms with Crippen molar-refractivity contribution in [2.24, 2.45) is 5.73 Å². The van der Waals surface area contributed by atoms with Crippen molar-refractivity contribution >= 4 is 17.4 Å². The molecule has 0 fully saturated rings. The van der Waals surface area contributed by atoms with Crippen LogP contribution in [0.2, 0.25) is 5.02 Å². The number of carbonyl (C=O) groups is 1. The second-order valence-electron chi connectivity index (χ2n) is 2.71. The highest BCUT2D eigenvalue weighted by Gasteiger charge is 2.14. The van der Waals surface area contributed by atoms with Gasteiger partial charge in [0.15, 0.2) is 5.78 Å². The molecule has 0 aliphatic carbocycles. The van der Waals surface area contributed by atoms with E-state index < -0.39 is 17.4 Å². The first-order chi connectivity index (χ1) is 6.56. The van der Waals surface area contributed by atoms with E-state index in [2.05, 4.69) is 0 Å². The number of Topliss-reactive ketones (excluding diaryl/α,β-unsaturated/α-hetero) is 1. The van der Waals surface area contributed by atoms with Crippen LogP contribution in [0.5, 0.6) is 0 Å². The largest absolute Gasteiger partial charge is 0.330 e. The van der Waals surface area contributed by atoms with Gasteiger partial charge in [-0.05, 0) is 12.6 Å². The molecule has 0 saturated heterocycles. The number of benzene rings is 1. The van der Waals surface area contributed by atoms with E-state index in [1.54, 1.807) is 0 Å². The minimum absolute atomic E-state index is 0.0165. The molecule has 1 aromatic rings. The third kappa shape index (κ3) is 2.27. The van der Waals surface area contributed by atoms with Crippen molar-refractivity contribution in [2.75, 3.05) is 6.54 Å². The predicted octanol–water partition coefficient (Wildman–Crippen LogP) is 2.15. The van der Waals surface area contributed by atoms with E-state index in [1.807, 2.05) is 0 Å². The molecule has 0 aromatic heterocycles. The zero-order valence-electron chi connectivity index (χ0n) is 7.19. The summed E-state index contributed by atoms with van der Waals surface area (Å²) in [6.07, 6.45) is 0.0165. The number of rotatable bonds is 3. The van der Waals surface area contributed by atoms with Gasteiger partial charge in [0.25, 0.3) is 0 Å². The van der Waals surface area contributed by atoms with Crippen LogP contribution in [0.4, 0.5) is 8.78 Å². The molecule has 2 N–H and O–H groups in total. The molecule has 0 atom stereocenters. The molecular formula is C9H8ClF2NO. The third-order valence-electron chi connectivity index (χ3n) is 1.66. The smallest absolute Gasteiger partial charge is 0.165 e. The number of halogens is 3. The fraction of sp³-hybridized carbons (Fsp3) is 0.222. The molecule has 0 aliphatic heterocycles. The molecule has 0 spiro atoms. The van der Waals surface area contributed by atoms with Gasteiger partial charge in [0.05, 0.1) is 5.02 Å². The summed E-state index contributed by atoms with van der Waals surface area (Å²) in [5.41, 5.74) is 4.98. The quantitative estimate of drug-likeness (QED) is 0.625. The zero-order chi connectivity index (χ0) is 10.7. The van der Waals surface area contributed by atoms with E-state index in [-0.39, 0.29) is 23.6 Å². The summed E-state index contributed by atoms with van der Waals surface area (Å²) in [7, 11) is 0.